The Morgan fingerprint density at radius 1 is 1.53 bits per heavy atom. The lowest BCUT2D eigenvalue weighted by atomic mass is 10.0. The maximum Gasteiger partial charge on any atom is 0.225 e. The molecule has 1 aliphatic heterocycles. The van der Waals surface area contributed by atoms with Gasteiger partial charge in [-0.15, -0.1) is 0 Å². The van der Waals surface area contributed by atoms with Gasteiger partial charge in [-0.05, 0) is 32.2 Å². The van der Waals surface area contributed by atoms with Crippen LogP contribution in [0.15, 0.2) is 0 Å². The number of amides is 1. The minimum atomic E-state index is -0.214. The maximum atomic E-state index is 11.9. The molecule has 3 N–H and O–H groups in total. The van der Waals surface area contributed by atoms with Gasteiger partial charge in [0, 0.05) is 19.0 Å². The van der Waals surface area contributed by atoms with E-state index in [1.165, 1.54) is 0 Å². The van der Waals surface area contributed by atoms with Crippen LogP contribution in [0.2, 0.25) is 0 Å². The van der Waals surface area contributed by atoms with E-state index in [1.54, 1.807) is 0 Å². The SMILES string of the molecule is CC(CCCN)C(=O)N1CCC(O)CC1. The highest BCUT2D eigenvalue weighted by Crippen LogP contribution is 2.15. The van der Waals surface area contributed by atoms with Crippen LogP contribution in [0, 0.1) is 5.92 Å². The average molecular weight is 214 g/mol. The van der Waals surface area contributed by atoms with Gasteiger partial charge < -0.3 is 15.7 Å². The van der Waals surface area contributed by atoms with Crippen LogP contribution in [-0.2, 0) is 4.79 Å². The number of aliphatic hydroxyl groups is 1. The van der Waals surface area contributed by atoms with Gasteiger partial charge in [0.15, 0.2) is 0 Å². The first-order chi connectivity index (χ1) is 7.15. The van der Waals surface area contributed by atoms with Crippen molar-refractivity contribution in [3.8, 4) is 0 Å². The molecule has 1 rings (SSSR count). The van der Waals surface area contributed by atoms with Gasteiger partial charge in [0.2, 0.25) is 5.91 Å². The number of likely N-dealkylation sites (tertiary alicyclic amines) is 1. The summed E-state index contributed by atoms with van der Waals surface area (Å²) in [5, 5.41) is 9.33. The fraction of sp³-hybridized carbons (Fsp3) is 0.909. The molecule has 4 nitrogen and oxygen atoms in total. The van der Waals surface area contributed by atoms with E-state index in [1.807, 2.05) is 11.8 Å². The molecule has 0 bridgehead atoms. The molecule has 4 heteroatoms. The number of rotatable bonds is 4. The molecule has 1 aliphatic rings. The van der Waals surface area contributed by atoms with Gasteiger partial charge in [-0.2, -0.15) is 0 Å². The minimum Gasteiger partial charge on any atom is -0.393 e. The normalized spacial score (nSPS) is 20.3. The smallest absolute Gasteiger partial charge is 0.225 e. The lowest BCUT2D eigenvalue weighted by Crippen LogP contribution is -2.42. The fourth-order valence-electron chi connectivity index (χ4n) is 1.95. The van der Waals surface area contributed by atoms with Crippen LogP contribution in [0.4, 0.5) is 0 Å². The number of nitrogens with two attached hydrogens (primary N) is 1. The van der Waals surface area contributed by atoms with Gasteiger partial charge in [0.25, 0.3) is 0 Å². The molecule has 1 heterocycles. The second kappa shape index (κ2) is 6.08. The molecule has 1 unspecified atom stereocenters. The Morgan fingerprint density at radius 3 is 2.67 bits per heavy atom. The van der Waals surface area contributed by atoms with Crippen molar-refractivity contribution < 1.29 is 9.90 Å². The summed E-state index contributed by atoms with van der Waals surface area (Å²) in [4.78, 5) is 13.8. The second-order valence-electron chi connectivity index (χ2n) is 4.39. The van der Waals surface area contributed by atoms with Crippen LogP contribution in [-0.4, -0.2) is 41.7 Å². The molecule has 15 heavy (non-hydrogen) atoms. The Labute approximate surface area is 91.4 Å². The number of nitrogens with zero attached hydrogens (tertiary/aromatic N) is 1. The van der Waals surface area contributed by atoms with Gasteiger partial charge in [-0.3, -0.25) is 4.79 Å². The average Bonchev–Trinajstić information content (AvgIpc) is 2.26. The second-order valence-corrected chi connectivity index (χ2v) is 4.39. The summed E-state index contributed by atoms with van der Waals surface area (Å²) in [5.74, 6) is 0.291. The van der Waals surface area contributed by atoms with Gasteiger partial charge >= 0.3 is 0 Å². The summed E-state index contributed by atoms with van der Waals surface area (Å²) >= 11 is 0. The highest BCUT2D eigenvalue weighted by molar-refractivity contribution is 5.78. The molecule has 0 saturated carbocycles. The zero-order valence-corrected chi connectivity index (χ0v) is 9.48. The highest BCUT2D eigenvalue weighted by atomic mass is 16.3. The van der Waals surface area contributed by atoms with Crippen molar-refractivity contribution in [2.45, 2.75) is 38.7 Å². The summed E-state index contributed by atoms with van der Waals surface area (Å²) < 4.78 is 0. The van der Waals surface area contributed by atoms with Gasteiger partial charge in [-0.25, -0.2) is 0 Å². The van der Waals surface area contributed by atoms with E-state index in [-0.39, 0.29) is 17.9 Å². The first-order valence-corrected chi connectivity index (χ1v) is 5.82. The molecule has 88 valence electrons. The molecule has 0 radical (unpaired) electrons. The lowest BCUT2D eigenvalue weighted by molar-refractivity contribution is -0.137. The number of carbonyl (C=O) groups is 1. The topological polar surface area (TPSA) is 66.6 Å². The summed E-state index contributed by atoms with van der Waals surface area (Å²) in [6.45, 7) is 4.01. The maximum absolute atomic E-state index is 11.9. The van der Waals surface area contributed by atoms with Crippen LogP contribution in [0.5, 0.6) is 0 Å². The van der Waals surface area contributed by atoms with Crippen molar-refractivity contribution in [2.24, 2.45) is 11.7 Å². The van der Waals surface area contributed by atoms with E-state index in [2.05, 4.69) is 0 Å². The van der Waals surface area contributed by atoms with Crippen LogP contribution < -0.4 is 5.73 Å². The van der Waals surface area contributed by atoms with E-state index in [9.17, 15) is 9.90 Å². The molecule has 1 amide bonds. The third kappa shape index (κ3) is 3.80. The van der Waals surface area contributed by atoms with Gasteiger partial charge in [0.1, 0.15) is 0 Å². The first-order valence-electron chi connectivity index (χ1n) is 5.82. The van der Waals surface area contributed by atoms with Crippen LogP contribution in [0.3, 0.4) is 0 Å². The number of aliphatic hydroxyl groups excluding tert-OH is 1. The van der Waals surface area contributed by atoms with E-state index in [0.29, 0.717) is 19.6 Å². The zero-order chi connectivity index (χ0) is 11.3. The third-order valence-corrected chi connectivity index (χ3v) is 3.04. The lowest BCUT2D eigenvalue weighted by Gasteiger charge is -2.31. The van der Waals surface area contributed by atoms with Crippen molar-refractivity contribution in [3.63, 3.8) is 0 Å². The molecule has 0 aliphatic carbocycles. The van der Waals surface area contributed by atoms with E-state index >= 15 is 0 Å². The molecule has 1 saturated heterocycles. The Kier molecular flexibility index (Phi) is 5.05. The molecule has 1 fully saturated rings. The fourth-order valence-corrected chi connectivity index (χ4v) is 1.95. The molecule has 0 aromatic heterocycles. The van der Waals surface area contributed by atoms with Crippen molar-refractivity contribution in [2.75, 3.05) is 19.6 Å². The Morgan fingerprint density at radius 2 is 2.13 bits per heavy atom. The summed E-state index contributed by atoms with van der Waals surface area (Å²) in [6, 6.07) is 0. The van der Waals surface area contributed by atoms with E-state index in [0.717, 1.165) is 25.7 Å². The number of hydrogen-bond acceptors (Lipinski definition) is 3. The number of carbonyl (C=O) groups excluding carboxylic acids is 1. The van der Waals surface area contributed by atoms with Crippen LogP contribution >= 0.6 is 0 Å². The van der Waals surface area contributed by atoms with Crippen molar-refractivity contribution in [1.29, 1.82) is 0 Å². The van der Waals surface area contributed by atoms with Gasteiger partial charge in [0.05, 0.1) is 6.10 Å². The first kappa shape index (κ1) is 12.5. The predicted molar refractivity (Wildman–Crippen MR) is 59.3 cm³/mol. The highest BCUT2D eigenvalue weighted by Gasteiger charge is 2.24. The van der Waals surface area contributed by atoms with Crippen LogP contribution in [0.25, 0.3) is 0 Å². The predicted octanol–water partition coefficient (Wildman–Crippen LogP) is 0.345. The minimum absolute atomic E-state index is 0.0730. The number of piperidine rings is 1. The molecule has 0 aromatic carbocycles. The van der Waals surface area contributed by atoms with Gasteiger partial charge in [-0.1, -0.05) is 6.92 Å². The van der Waals surface area contributed by atoms with Crippen LogP contribution in [0.1, 0.15) is 32.6 Å². The Hall–Kier alpha value is -0.610. The zero-order valence-electron chi connectivity index (χ0n) is 9.48. The molecule has 0 spiro atoms. The summed E-state index contributed by atoms with van der Waals surface area (Å²) in [5.41, 5.74) is 5.42. The molecule has 1 atom stereocenters. The molecule has 0 aromatic rings. The van der Waals surface area contributed by atoms with E-state index in [4.69, 9.17) is 5.73 Å². The molecular weight excluding hydrogens is 192 g/mol. The van der Waals surface area contributed by atoms with Crippen molar-refractivity contribution in [3.05, 3.63) is 0 Å². The summed E-state index contributed by atoms with van der Waals surface area (Å²) in [7, 11) is 0. The number of hydrogen-bond donors (Lipinski definition) is 2. The quantitative estimate of drug-likeness (QED) is 0.709. The summed E-state index contributed by atoms with van der Waals surface area (Å²) in [6.07, 6.45) is 3.00. The molecular formula is C11H22N2O2. The largest absolute Gasteiger partial charge is 0.393 e. The monoisotopic (exact) mass is 214 g/mol. The Balaban J connectivity index is 2.32. The standard InChI is InChI=1S/C11H22N2O2/c1-9(3-2-6-12)11(15)13-7-4-10(14)5-8-13/h9-10,14H,2-8,12H2,1H3. The van der Waals surface area contributed by atoms with E-state index < -0.39 is 0 Å². The van der Waals surface area contributed by atoms with Crippen molar-refractivity contribution >= 4 is 5.91 Å². The third-order valence-electron chi connectivity index (χ3n) is 3.04. The van der Waals surface area contributed by atoms with Crippen molar-refractivity contribution in [1.82, 2.24) is 4.90 Å². The Bertz CT molecular complexity index is 201.